The molecule has 0 aliphatic rings. The quantitative estimate of drug-likeness (QED) is 0.437. The van der Waals surface area contributed by atoms with E-state index in [4.69, 9.17) is 15.6 Å². The summed E-state index contributed by atoms with van der Waals surface area (Å²) in [6.45, 7) is 0.534. The van der Waals surface area contributed by atoms with Crippen LogP contribution < -0.4 is 10.5 Å². The minimum Gasteiger partial charge on any atom is -0.503 e. The summed E-state index contributed by atoms with van der Waals surface area (Å²) in [7, 11) is 0. The first kappa shape index (κ1) is 12.1. The smallest absolute Gasteiger partial charge is 0.283 e. The van der Waals surface area contributed by atoms with Gasteiger partial charge in [-0.3, -0.25) is 4.79 Å². The number of carbonyl (C=O) groups excluding carboxylic acids is 1. The second kappa shape index (κ2) is 6.50. The minimum atomic E-state index is -0.802. The molecule has 4 heteroatoms. The Hall–Kier alpha value is -1.97. The Morgan fingerprint density at radius 3 is 2.69 bits per heavy atom. The normalized spacial score (nSPS) is 11.1. The number of ether oxygens (including phenoxy) is 1. The van der Waals surface area contributed by atoms with E-state index >= 15 is 0 Å². The van der Waals surface area contributed by atoms with Crippen LogP contribution >= 0.6 is 0 Å². The highest BCUT2D eigenvalue weighted by atomic mass is 16.5. The molecule has 0 saturated carbocycles. The summed E-state index contributed by atoms with van der Waals surface area (Å²) in [6.07, 6.45) is 2.67. The number of rotatable bonds is 6. The van der Waals surface area contributed by atoms with Crippen LogP contribution in [0.1, 0.15) is 12.8 Å². The molecule has 4 nitrogen and oxygen atoms in total. The SMILES string of the molecule is NC(=O)C(O)=CCCCOc1ccccc1. The van der Waals surface area contributed by atoms with Gasteiger partial charge in [-0.15, -0.1) is 0 Å². The van der Waals surface area contributed by atoms with E-state index in [0.29, 0.717) is 19.4 Å². The van der Waals surface area contributed by atoms with E-state index in [1.54, 1.807) is 0 Å². The molecule has 1 aromatic rings. The van der Waals surface area contributed by atoms with Crippen molar-refractivity contribution in [2.75, 3.05) is 6.61 Å². The fourth-order valence-electron chi connectivity index (χ4n) is 1.13. The van der Waals surface area contributed by atoms with Crippen molar-refractivity contribution >= 4 is 5.91 Å². The zero-order valence-electron chi connectivity index (χ0n) is 8.93. The zero-order valence-corrected chi connectivity index (χ0v) is 8.93. The first-order valence-electron chi connectivity index (χ1n) is 5.07. The van der Waals surface area contributed by atoms with Crippen LogP contribution in [0.2, 0.25) is 0 Å². The van der Waals surface area contributed by atoms with Crippen LogP contribution in [-0.4, -0.2) is 17.6 Å². The largest absolute Gasteiger partial charge is 0.503 e. The van der Waals surface area contributed by atoms with E-state index in [-0.39, 0.29) is 5.76 Å². The molecule has 0 bridgehead atoms. The molecule has 0 unspecified atom stereocenters. The summed E-state index contributed by atoms with van der Waals surface area (Å²) in [5.41, 5.74) is 4.85. The van der Waals surface area contributed by atoms with Gasteiger partial charge in [0.2, 0.25) is 0 Å². The van der Waals surface area contributed by atoms with Crippen LogP contribution in [0.3, 0.4) is 0 Å². The molecule has 16 heavy (non-hydrogen) atoms. The Bertz CT molecular complexity index is 360. The molecule has 1 amide bonds. The number of para-hydroxylation sites is 1. The van der Waals surface area contributed by atoms with E-state index in [0.717, 1.165) is 5.75 Å². The number of hydrogen-bond donors (Lipinski definition) is 2. The molecule has 0 spiro atoms. The highest BCUT2D eigenvalue weighted by Crippen LogP contribution is 2.09. The number of nitrogens with two attached hydrogens (primary N) is 1. The molecule has 0 aliphatic carbocycles. The number of amides is 1. The molecule has 1 aromatic carbocycles. The lowest BCUT2D eigenvalue weighted by molar-refractivity contribution is -0.116. The topological polar surface area (TPSA) is 72.6 Å². The summed E-state index contributed by atoms with van der Waals surface area (Å²) in [5, 5.41) is 8.99. The van der Waals surface area contributed by atoms with Crippen LogP contribution in [0.25, 0.3) is 0 Å². The molecule has 0 fully saturated rings. The number of unbranched alkanes of at least 4 members (excludes halogenated alkanes) is 1. The third-order valence-corrected chi connectivity index (χ3v) is 1.95. The van der Waals surface area contributed by atoms with Crippen molar-refractivity contribution in [1.29, 1.82) is 0 Å². The Kier molecular flexibility index (Phi) is 4.92. The fraction of sp³-hybridized carbons (Fsp3) is 0.250. The number of aliphatic hydroxyl groups excluding tert-OH is 1. The highest BCUT2D eigenvalue weighted by Gasteiger charge is 1.98. The van der Waals surface area contributed by atoms with Gasteiger partial charge in [-0.25, -0.2) is 0 Å². The van der Waals surface area contributed by atoms with Gasteiger partial charge in [0.15, 0.2) is 5.76 Å². The van der Waals surface area contributed by atoms with E-state index in [1.165, 1.54) is 6.08 Å². The average molecular weight is 221 g/mol. The molecule has 0 aliphatic heterocycles. The molecule has 0 saturated heterocycles. The molecule has 1 rings (SSSR count). The minimum absolute atomic E-state index is 0.389. The van der Waals surface area contributed by atoms with Gasteiger partial charge in [-0.2, -0.15) is 0 Å². The van der Waals surface area contributed by atoms with Gasteiger partial charge in [0.25, 0.3) is 5.91 Å². The van der Waals surface area contributed by atoms with Crippen LogP contribution in [0.5, 0.6) is 5.75 Å². The van der Waals surface area contributed by atoms with Gasteiger partial charge in [0.05, 0.1) is 6.61 Å². The van der Waals surface area contributed by atoms with Gasteiger partial charge >= 0.3 is 0 Å². The molecule has 0 heterocycles. The summed E-state index contributed by atoms with van der Waals surface area (Å²) < 4.78 is 5.42. The van der Waals surface area contributed by atoms with Crippen molar-refractivity contribution in [1.82, 2.24) is 0 Å². The number of aliphatic hydroxyl groups is 1. The predicted molar refractivity (Wildman–Crippen MR) is 61.1 cm³/mol. The standard InChI is InChI=1S/C12H15NO3/c13-12(15)11(14)8-4-5-9-16-10-6-2-1-3-7-10/h1-3,6-8,14H,4-5,9H2,(H2,13,15). The fourth-order valence-corrected chi connectivity index (χ4v) is 1.13. The Balaban J connectivity index is 2.18. The van der Waals surface area contributed by atoms with E-state index < -0.39 is 5.91 Å². The lowest BCUT2D eigenvalue weighted by Gasteiger charge is -2.03. The number of primary amides is 1. The molecule has 0 atom stereocenters. The second-order valence-corrected chi connectivity index (χ2v) is 3.26. The summed E-state index contributed by atoms with van der Waals surface area (Å²) in [6, 6.07) is 9.45. The van der Waals surface area contributed by atoms with Gasteiger partial charge in [0.1, 0.15) is 5.75 Å². The van der Waals surface area contributed by atoms with Crippen LogP contribution in [0.15, 0.2) is 42.2 Å². The van der Waals surface area contributed by atoms with Crippen molar-refractivity contribution in [2.24, 2.45) is 5.73 Å². The number of allylic oxidation sites excluding steroid dienone is 1. The number of benzene rings is 1. The maximum Gasteiger partial charge on any atom is 0.283 e. The molecular formula is C12H15NO3. The maximum absolute atomic E-state index is 10.5. The van der Waals surface area contributed by atoms with E-state index in [2.05, 4.69) is 0 Å². The third kappa shape index (κ3) is 4.50. The highest BCUT2D eigenvalue weighted by molar-refractivity contribution is 5.89. The van der Waals surface area contributed by atoms with E-state index in [9.17, 15) is 4.79 Å². The first-order valence-corrected chi connectivity index (χ1v) is 5.07. The average Bonchev–Trinajstić information content (AvgIpc) is 2.29. The van der Waals surface area contributed by atoms with Crippen molar-refractivity contribution in [3.05, 3.63) is 42.2 Å². The second-order valence-electron chi connectivity index (χ2n) is 3.26. The Morgan fingerprint density at radius 1 is 1.38 bits per heavy atom. The first-order chi connectivity index (χ1) is 7.70. The zero-order chi connectivity index (χ0) is 11.8. The number of hydrogen-bond acceptors (Lipinski definition) is 3. The van der Waals surface area contributed by atoms with Gasteiger partial charge in [-0.05, 0) is 31.1 Å². The molecule has 86 valence electrons. The van der Waals surface area contributed by atoms with Crippen LogP contribution in [0, 0.1) is 0 Å². The molecular weight excluding hydrogens is 206 g/mol. The van der Waals surface area contributed by atoms with Gasteiger partial charge in [0, 0.05) is 0 Å². The van der Waals surface area contributed by atoms with Crippen molar-refractivity contribution in [3.63, 3.8) is 0 Å². The maximum atomic E-state index is 10.5. The molecule has 0 radical (unpaired) electrons. The lowest BCUT2D eigenvalue weighted by atomic mass is 10.3. The van der Waals surface area contributed by atoms with Gasteiger partial charge in [-0.1, -0.05) is 18.2 Å². The number of carbonyl (C=O) groups is 1. The molecule has 0 aromatic heterocycles. The lowest BCUT2D eigenvalue weighted by Crippen LogP contribution is -2.13. The van der Waals surface area contributed by atoms with Crippen molar-refractivity contribution in [2.45, 2.75) is 12.8 Å². The summed E-state index contributed by atoms with van der Waals surface area (Å²) in [4.78, 5) is 10.5. The van der Waals surface area contributed by atoms with Crippen molar-refractivity contribution < 1.29 is 14.6 Å². The Morgan fingerprint density at radius 2 is 2.06 bits per heavy atom. The monoisotopic (exact) mass is 221 g/mol. The van der Waals surface area contributed by atoms with Crippen LogP contribution in [0.4, 0.5) is 0 Å². The summed E-state index contributed by atoms with van der Waals surface area (Å²) in [5.74, 6) is -0.380. The third-order valence-electron chi connectivity index (χ3n) is 1.95. The van der Waals surface area contributed by atoms with Crippen molar-refractivity contribution in [3.8, 4) is 5.75 Å². The summed E-state index contributed by atoms with van der Waals surface area (Å²) >= 11 is 0. The predicted octanol–water partition coefficient (Wildman–Crippen LogP) is 1.77. The van der Waals surface area contributed by atoms with E-state index in [1.807, 2.05) is 30.3 Å². The van der Waals surface area contributed by atoms with Crippen LogP contribution in [-0.2, 0) is 4.79 Å². The molecule has 3 N–H and O–H groups in total. The van der Waals surface area contributed by atoms with Gasteiger partial charge < -0.3 is 15.6 Å². The Labute approximate surface area is 94.3 Å².